The van der Waals surface area contributed by atoms with Gasteiger partial charge in [-0.3, -0.25) is 4.79 Å². The fourth-order valence-corrected chi connectivity index (χ4v) is 1.02. The highest BCUT2D eigenvalue weighted by atomic mass is 16.3. The molecule has 12 heavy (non-hydrogen) atoms. The van der Waals surface area contributed by atoms with Crippen LogP contribution in [0.5, 0.6) is 5.75 Å². The Morgan fingerprint density at radius 2 is 2.08 bits per heavy atom. The molecule has 1 aromatic carbocycles. The van der Waals surface area contributed by atoms with Crippen LogP contribution in [-0.4, -0.2) is 10.9 Å². The van der Waals surface area contributed by atoms with Gasteiger partial charge in [0.2, 0.25) is 0 Å². The predicted molar refractivity (Wildman–Crippen MR) is 47.3 cm³/mol. The fourth-order valence-electron chi connectivity index (χ4n) is 1.02. The minimum Gasteiger partial charge on any atom is -0.508 e. The molecule has 0 radical (unpaired) electrons. The van der Waals surface area contributed by atoms with Crippen LogP contribution in [0.1, 0.15) is 22.8 Å². The molecule has 0 heterocycles. The van der Waals surface area contributed by atoms with Gasteiger partial charge in [0.1, 0.15) is 5.75 Å². The number of hydrogen-bond donors (Lipinski definition) is 2. The third kappa shape index (κ3) is 1.39. The van der Waals surface area contributed by atoms with E-state index in [0.717, 1.165) is 0 Å². The van der Waals surface area contributed by atoms with Gasteiger partial charge in [-0.1, -0.05) is 0 Å². The number of phenolic OH excluding ortho intramolecular Hbond substituents is 1. The molecule has 0 saturated carbocycles. The summed E-state index contributed by atoms with van der Waals surface area (Å²) < 4.78 is 0. The summed E-state index contributed by atoms with van der Waals surface area (Å²) in [6.07, 6.45) is 0. The van der Waals surface area contributed by atoms with Crippen LogP contribution in [-0.2, 0) is 0 Å². The molecule has 0 aliphatic rings. The van der Waals surface area contributed by atoms with E-state index in [2.05, 4.69) is 0 Å². The van der Waals surface area contributed by atoms with Crippen molar-refractivity contribution in [3.05, 3.63) is 23.3 Å². The fraction of sp³-hybridized carbons (Fsp3) is 0.222. The highest BCUT2D eigenvalue weighted by Crippen LogP contribution is 2.23. The lowest BCUT2D eigenvalue weighted by molar-refractivity contribution is 0.101. The molecule has 3 N–H and O–H groups in total. The number of Topliss-reactive ketones (excluding diaryl/α,β-unsaturated/α-hetero) is 1. The Bertz CT molecular complexity index is 332. The van der Waals surface area contributed by atoms with Crippen LogP contribution >= 0.6 is 0 Å². The van der Waals surface area contributed by atoms with Gasteiger partial charge in [-0.15, -0.1) is 0 Å². The normalized spacial score (nSPS) is 9.83. The van der Waals surface area contributed by atoms with E-state index in [4.69, 9.17) is 5.73 Å². The van der Waals surface area contributed by atoms with E-state index in [1.165, 1.54) is 13.0 Å². The molecule has 64 valence electrons. The van der Waals surface area contributed by atoms with Crippen molar-refractivity contribution < 1.29 is 9.90 Å². The van der Waals surface area contributed by atoms with Crippen LogP contribution in [0.3, 0.4) is 0 Å². The van der Waals surface area contributed by atoms with Gasteiger partial charge < -0.3 is 10.8 Å². The third-order valence-electron chi connectivity index (χ3n) is 1.75. The summed E-state index contributed by atoms with van der Waals surface area (Å²) in [6, 6.07) is 2.99. The number of benzene rings is 1. The molecule has 1 rings (SSSR count). The Labute approximate surface area is 70.8 Å². The molecule has 0 atom stereocenters. The number of nitrogens with two attached hydrogens (primary N) is 1. The number of carbonyl (C=O) groups excluding carboxylic acids is 1. The Morgan fingerprint density at radius 3 is 2.58 bits per heavy atom. The first kappa shape index (κ1) is 8.59. The molecule has 0 fully saturated rings. The van der Waals surface area contributed by atoms with E-state index in [1.807, 2.05) is 0 Å². The third-order valence-corrected chi connectivity index (χ3v) is 1.75. The lowest BCUT2D eigenvalue weighted by Gasteiger charge is -2.04. The van der Waals surface area contributed by atoms with Crippen LogP contribution in [0, 0.1) is 6.92 Å². The maximum absolute atomic E-state index is 11.0. The van der Waals surface area contributed by atoms with Crippen molar-refractivity contribution in [1.82, 2.24) is 0 Å². The number of aryl methyl sites for hydroxylation is 1. The number of phenols is 1. The van der Waals surface area contributed by atoms with Crippen molar-refractivity contribution in [3.8, 4) is 5.75 Å². The minimum absolute atomic E-state index is 0.0874. The zero-order chi connectivity index (χ0) is 9.30. The second-order valence-electron chi connectivity index (χ2n) is 2.78. The van der Waals surface area contributed by atoms with Crippen LogP contribution in [0.25, 0.3) is 0 Å². The monoisotopic (exact) mass is 165 g/mol. The van der Waals surface area contributed by atoms with Crippen molar-refractivity contribution in [1.29, 1.82) is 0 Å². The van der Waals surface area contributed by atoms with E-state index in [0.29, 0.717) is 16.8 Å². The summed E-state index contributed by atoms with van der Waals surface area (Å²) in [5.41, 5.74) is 6.96. The van der Waals surface area contributed by atoms with Gasteiger partial charge in [0.05, 0.1) is 0 Å². The van der Waals surface area contributed by atoms with Crippen LogP contribution in [0.2, 0.25) is 0 Å². The Kier molecular flexibility index (Phi) is 2.04. The molecule has 0 aromatic heterocycles. The molecule has 0 aliphatic heterocycles. The molecule has 0 aliphatic carbocycles. The summed E-state index contributed by atoms with van der Waals surface area (Å²) in [4.78, 5) is 11.0. The first-order chi connectivity index (χ1) is 5.52. The molecular weight excluding hydrogens is 154 g/mol. The van der Waals surface area contributed by atoms with Gasteiger partial charge in [-0.05, 0) is 25.5 Å². The lowest BCUT2D eigenvalue weighted by atomic mass is 10.1. The minimum atomic E-state index is -0.0874. The van der Waals surface area contributed by atoms with Gasteiger partial charge in [-0.2, -0.15) is 0 Å². The largest absolute Gasteiger partial charge is 0.508 e. The standard InChI is InChI=1S/C9H11NO2/c1-5-3-7(6(2)11)8(10)4-9(5)12/h3-4,12H,10H2,1-2H3. The van der Waals surface area contributed by atoms with E-state index in [1.54, 1.807) is 13.0 Å². The van der Waals surface area contributed by atoms with Gasteiger partial charge in [0, 0.05) is 17.3 Å². The van der Waals surface area contributed by atoms with E-state index >= 15 is 0 Å². The molecule has 0 unspecified atom stereocenters. The number of anilines is 1. The summed E-state index contributed by atoms with van der Waals surface area (Å²) in [7, 11) is 0. The Balaban J connectivity index is 3.33. The molecule has 0 bridgehead atoms. The summed E-state index contributed by atoms with van der Waals surface area (Å²) in [5.74, 6) is 0.0353. The zero-order valence-corrected chi connectivity index (χ0v) is 7.09. The summed E-state index contributed by atoms with van der Waals surface area (Å²) >= 11 is 0. The number of rotatable bonds is 1. The molecular formula is C9H11NO2. The number of ketones is 1. The van der Waals surface area contributed by atoms with Crippen LogP contribution in [0.4, 0.5) is 5.69 Å². The lowest BCUT2D eigenvalue weighted by Crippen LogP contribution is -1.99. The maximum atomic E-state index is 11.0. The first-order valence-electron chi connectivity index (χ1n) is 3.62. The molecule has 1 aromatic rings. The highest BCUT2D eigenvalue weighted by molar-refractivity contribution is 5.99. The average molecular weight is 165 g/mol. The number of nitrogen functional groups attached to an aromatic ring is 1. The maximum Gasteiger partial charge on any atom is 0.161 e. The topological polar surface area (TPSA) is 63.3 Å². The SMILES string of the molecule is CC(=O)c1cc(C)c(O)cc1N. The highest BCUT2D eigenvalue weighted by Gasteiger charge is 2.07. The van der Waals surface area contributed by atoms with Crippen LogP contribution < -0.4 is 5.73 Å². The van der Waals surface area contributed by atoms with Crippen molar-refractivity contribution >= 4 is 11.5 Å². The van der Waals surface area contributed by atoms with Crippen molar-refractivity contribution in [2.75, 3.05) is 5.73 Å². The van der Waals surface area contributed by atoms with Crippen molar-refractivity contribution in [2.45, 2.75) is 13.8 Å². The van der Waals surface area contributed by atoms with E-state index < -0.39 is 0 Å². The van der Waals surface area contributed by atoms with Crippen molar-refractivity contribution in [2.24, 2.45) is 0 Å². The van der Waals surface area contributed by atoms with Gasteiger partial charge >= 0.3 is 0 Å². The van der Waals surface area contributed by atoms with Gasteiger partial charge in [-0.25, -0.2) is 0 Å². The van der Waals surface area contributed by atoms with E-state index in [-0.39, 0.29) is 11.5 Å². The molecule has 3 heteroatoms. The smallest absolute Gasteiger partial charge is 0.161 e. The summed E-state index contributed by atoms with van der Waals surface area (Å²) in [5, 5.41) is 9.22. The van der Waals surface area contributed by atoms with Crippen molar-refractivity contribution in [3.63, 3.8) is 0 Å². The molecule has 0 saturated heterocycles. The zero-order valence-electron chi connectivity index (χ0n) is 7.09. The molecule has 3 nitrogen and oxygen atoms in total. The quantitative estimate of drug-likeness (QED) is 0.489. The molecule has 0 spiro atoms. The number of carbonyl (C=O) groups is 1. The summed E-state index contributed by atoms with van der Waals surface area (Å²) in [6.45, 7) is 3.17. The second-order valence-corrected chi connectivity index (χ2v) is 2.78. The average Bonchev–Trinajstić information content (AvgIpc) is 1.96. The van der Waals surface area contributed by atoms with Gasteiger partial charge in [0.15, 0.2) is 5.78 Å². The number of aromatic hydroxyl groups is 1. The van der Waals surface area contributed by atoms with E-state index in [9.17, 15) is 9.90 Å². The molecule has 0 amide bonds. The van der Waals surface area contributed by atoms with Gasteiger partial charge in [0.25, 0.3) is 0 Å². The first-order valence-corrected chi connectivity index (χ1v) is 3.62. The Hall–Kier alpha value is -1.51. The van der Waals surface area contributed by atoms with Crippen LogP contribution in [0.15, 0.2) is 12.1 Å². The second kappa shape index (κ2) is 2.85. The predicted octanol–water partition coefficient (Wildman–Crippen LogP) is 1.49. The Morgan fingerprint density at radius 1 is 1.50 bits per heavy atom. The number of hydrogen-bond acceptors (Lipinski definition) is 3.